The summed E-state index contributed by atoms with van der Waals surface area (Å²) in [7, 11) is -2.78. The Morgan fingerprint density at radius 2 is 1.92 bits per heavy atom. The highest BCUT2D eigenvalue weighted by atomic mass is 32.2. The molecule has 8 heteroatoms. The van der Waals surface area contributed by atoms with Crippen LogP contribution < -0.4 is 4.74 Å². The predicted octanol–water partition coefficient (Wildman–Crippen LogP) is 3.20. The fourth-order valence-corrected chi connectivity index (χ4v) is 5.09. The van der Waals surface area contributed by atoms with E-state index in [0.717, 1.165) is 10.4 Å². The number of halogens is 2. The number of fused-ring (bicyclic) bond motifs is 1. The summed E-state index contributed by atoms with van der Waals surface area (Å²) < 4.78 is 60.1. The number of carbonyl (C=O) groups is 1. The van der Waals surface area contributed by atoms with Gasteiger partial charge >= 0.3 is 0 Å². The van der Waals surface area contributed by atoms with Crippen molar-refractivity contribution in [2.75, 3.05) is 7.11 Å². The molecule has 5 nitrogen and oxygen atoms in total. The van der Waals surface area contributed by atoms with Crippen molar-refractivity contribution in [1.29, 1.82) is 0 Å². The van der Waals surface area contributed by atoms with Crippen LogP contribution in [0.3, 0.4) is 0 Å². The Labute approximate surface area is 150 Å². The third kappa shape index (κ3) is 3.10. The first-order chi connectivity index (χ1) is 12.3. The molecule has 1 aliphatic rings. The number of rotatable bonds is 5. The molecule has 0 radical (unpaired) electrons. The van der Waals surface area contributed by atoms with E-state index in [1.807, 2.05) is 0 Å². The molecule has 0 amide bonds. The number of carbonyl (C=O) groups excluding carboxylic acids is 1. The molecule has 26 heavy (non-hydrogen) atoms. The monoisotopic (exact) mass is 381 g/mol. The Bertz CT molecular complexity index is 975. The molecule has 0 unspecified atom stereocenters. The Balaban J connectivity index is 2.14. The quantitative estimate of drug-likeness (QED) is 0.798. The lowest BCUT2D eigenvalue weighted by molar-refractivity contribution is -0.117. The van der Waals surface area contributed by atoms with E-state index in [-0.39, 0.29) is 24.3 Å². The van der Waals surface area contributed by atoms with Crippen molar-refractivity contribution < 1.29 is 26.7 Å². The van der Waals surface area contributed by atoms with Gasteiger partial charge in [-0.3, -0.25) is 4.79 Å². The van der Waals surface area contributed by atoms with E-state index in [2.05, 4.69) is 0 Å². The van der Waals surface area contributed by atoms with E-state index in [9.17, 15) is 22.0 Å². The second kappa shape index (κ2) is 6.77. The maximum atomic E-state index is 14.3. The van der Waals surface area contributed by atoms with Crippen LogP contribution in [0.15, 0.2) is 41.3 Å². The van der Waals surface area contributed by atoms with Gasteiger partial charge in [-0.05, 0) is 24.6 Å². The lowest BCUT2D eigenvalue weighted by atomic mass is 10.0. The van der Waals surface area contributed by atoms with Gasteiger partial charge in [0.2, 0.25) is 10.0 Å². The van der Waals surface area contributed by atoms with Crippen molar-refractivity contribution in [2.45, 2.75) is 30.8 Å². The minimum absolute atomic E-state index is 0.0346. The van der Waals surface area contributed by atoms with Gasteiger partial charge in [-0.25, -0.2) is 17.2 Å². The topological polar surface area (TPSA) is 63.7 Å². The van der Waals surface area contributed by atoms with Gasteiger partial charge in [-0.2, -0.15) is 4.31 Å². The molecular formula is C18H17F2NO4S. The van der Waals surface area contributed by atoms with Crippen LogP contribution in [0.1, 0.15) is 30.5 Å². The largest absolute Gasteiger partial charge is 0.496 e. The Morgan fingerprint density at radius 3 is 2.58 bits per heavy atom. The molecule has 0 bridgehead atoms. The van der Waals surface area contributed by atoms with Crippen LogP contribution in [0.2, 0.25) is 0 Å². The number of hydrogen-bond acceptors (Lipinski definition) is 4. The third-order valence-electron chi connectivity index (χ3n) is 4.31. The van der Waals surface area contributed by atoms with Gasteiger partial charge in [-0.1, -0.05) is 18.2 Å². The Hall–Kier alpha value is -2.32. The van der Waals surface area contributed by atoms with Gasteiger partial charge in [0.1, 0.15) is 28.1 Å². The zero-order valence-corrected chi connectivity index (χ0v) is 15.0. The highest BCUT2D eigenvalue weighted by molar-refractivity contribution is 7.89. The fourth-order valence-electron chi connectivity index (χ4n) is 3.22. The van der Waals surface area contributed by atoms with Crippen LogP contribution in [0, 0.1) is 11.6 Å². The van der Waals surface area contributed by atoms with Crippen molar-refractivity contribution in [3.8, 4) is 5.75 Å². The number of Topliss-reactive ketones (excluding diaryl/α,β-unsaturated/α-hetero) is 1. The summed E-state index contributed by atoms with van der Waals surface area (Å²) in [6.45, 7) is 1.18. The second-order valence-electron chi connectivity index (χ2n) is 6.09. The number of hydrogen-bond donors (Lipinski definition) is 0. The van der Waals surface area contributed by atoms with E-state index >= 15 is 0 Å². The first-order valence-electron chi connectivity index (χ1n) is 7.88. The summed E-state index contributed by atoms with van der Waals surface area (Å²) in [5.41, 5.74) is 0.522. The van der Waals surface area contributed by atoms with Crippen LogP contribution in [0.4, 0.5) is 8.78 Å². The number of nitrogens with zero attached hydrogens (tertiary/aromatic N) is 1. The number of ketones is 1. The first-order valence-corrected chi connectivity index (χ1v) is 9.32. The molecule has 1 aliphatic heterocycles. The average molecular weight is 381 g/mol. The number of methoxy groups -OCH3 is 1. The smallest absolute Gasteiger partial charge is 0.247 e. The number of benzene rings is 2. The van der Waals surface area contributed by atoms with Crippen molar-refractivity contribution >= 4 is 15.8 Å². The van der Waals surface area contributed by atoms with Crippen molar-refractivity contribution in [3.63, 3.8) is 0 Å². The maximum absolute atomic E-state index is 14.3. The molecule has 3 rings (SSSR count). The SMILES string of the molecule is COc1ccccc1CN1[C@@H](CC(C)=O)c2cc(F)cc(F)c2S1(=O)=O. The molecule has 0 saturated carbocycles. The van der Waals surface area contributed by atoms with Crippen LogP contribution in [-0.4, -0.2) is 25.6 Å². The molecule has 2 aromatic rings. The van der Waals surface area contributed by atoms with Gasteiger partial charge in [0.25, 0.3) is 0 Å². The maximum Gasteiger partial charge on any atom is 0.247 e. The summed E-state index contributed by atoms with van der Waals surface area (Å²) in [4.78, 5) is 11.1. The Kier molecular flexibility index (Phi) is 4.81. The number of sulfonamides is 1. The van der Waals surface area contributed by atoms with Crippen LogP contribution in [0.5, 0.6) is 5.75 Å². The lowest BCUT2D eigenvalue weighted by Gasteiger charge is -2.23. The van der Waals surface area contributed by atoms with Crippen LogP contribution in [-0.2, 0) is 21.4 Å². The van der Waals surface area contributed by atoms with E-state index in [1.54, 1.807) is 24.3 Å². The van der Waals surface area contributed by atoms with E-state index in [0.29, 0.717) is 17.4 Å². The summed E-state index contributed by atoms with van der Waals surface area (Å²) in [6.07, 6.45) is -0.176. The zero-order valence-electron chi connectivity index (χ0n) is 14.2. The lowest BCUT2D eigenvalue weighted by Crippen LogP contribution is -2.29. The van der Waals surface area contributed by atoms with E-state index < -0.39 is 32.6 Å². The normalized spacial score (nSPS) is 18.5. The van der Waals surface area contributed by atoms with Crippen molar-refractivity contribution in [1.82, 2.24) is 4.31 Å². The van der Waals surface area contributed by atoms with Crippen molar-refractivity contribution in [3.05, 3.63) is 59.2 Å². The fraction of sp³-hybridized carbons (Fsp3) is 0.278. The van der Waals surface area contributed by atoms with E-state index in [4.69, 9.17) is 4.74 Å². The summed E-state index contributed by atoms with van der Waals surface area (Å²) in [5.74, 6) is -1.86. The molecule has 138 valence electrons. The second-order valence-corrected chi connectivity index (χ2v) is 7.92. The minimum Gasteiger partial charge on any atom is -0.496 e. The third-order valence-corrected chi connectivity index (χ3v) is 6.26. The van der Waals surface area contributed by atoms with E-state index in [1.165, 1.54) is 14.0 Å². The summed E-state index contributed by atoms with van der Waals surface area (Å²) in [6, 6.07) is 7.35. The predicted molar refractivity (Wildman–Crippen MR) is 90.1 cm³/mol. The van der Waals surface area contributed by atoms with Gasteiger partial charge in [0, 0.05) is 24.6 Å². The zero-order chi connectivity index (χ0) is 19.1. The molecular weight excluding hydrogens is 364 g/mol. The molecule has 0 N–H and O–H groups in total. The molecule has 0 saturated heterocycles. The molecule has 1 atom stereocenters. The Morgan fingerprint density at radius 1 is 1.23 bits per heavy atom. The standard InChI is InChI=1S/C18H17F2NO4S/c1-11(22)7-16-14-8-13(19)9-15(20)18(14)26(23,24)21(16)10-12-5-3-4-6-17(12)25-2/h3-6,8-9,16H,7,10H2,1-2H3/t16-/m0/s1. The number of ether oxygens (including phenoxy) is 1. The van der Waals surface area contributed by atoms with Crippen LogP contribution in [0.25, 0.3) is 0 Å². The summed E-state index contributed by atoms with van der Waals surface area (Å²) in [5, 5.41) is 0. The number of para-hydroxylation sites is 1. The van der Waals surface area contributed by atoms with Crippen molar-refractivity contribution in [2.24, 2.45) is 0 Å². The highest BCUT2D eigenvalue weighted by Crippen LogP contribution is 2.44. The summed E-state index contributed by atoms with van der Waals surface area (Å²) >= 11 is 0. The molecule has 2 aromatic carbocycles. The van der Waals surface area contributed by atoms with Gasteiger partial charge < -0.3 is 4.74 Å². The minimum atomic E-state index is -4.23. The molecule has 0 aromatic heterocycles. The van der Waals surface area contributed by atoms with Gasteiger partial charge in [0.05, 0.1) is 13.2 Å². The molecule has 1 heterocycles. The van der Waals surface area contributed by atoms with Crippen LogP contribution >= 0.6 is 0 Å². The average Bonchev–Trinajstić information content (AvgIpc) is 2.75. The highest BCUT2D eigenvalue weighted by Gasteiger charge is 2.45. The van der Waals surface area contributed by atoms with Gasteiger partial charge in [0.15, 0.2) is 0 Å². The first kappa shape index (κ1) is 18.5. The molecule has 0 spiro atoms. The molecule has 0 fully saturated rings. The molecule has 0 aliphatic carbocycles. The van der Waals surface area contributed by atoms with Gasteiger partial charge in [-0.15, -0.1) is 0 Å².